The Bertz CT molecular complexity index is 74.9. The van der Waals surface area contributed by atoms with Gasteiger partial charge in [-0.2, -0.15) is 0 Å². The molecule has 1 aliphatic rings. The highest BCUT2D eigenvalue weighted by Crippen LogP contribution is 2.33. The molecule has 1 aliphatic carbocycles. The fraction of sp³-hybridized carbons (Fsp3) is 1.00. The number of hydrogen-bond donors (Lipinski definition) is 1. The minimum atomic E-state index is 0.750. The van der Waals surface area contributed by atoms with E-state index in [1.54, 1.807) is 0 Å². The van der Waals surface area contributed by atoms with E-state index >= 15 is 0 Å². The molecule has 0 radical (unpaired) electrons. The fourth-order valence-electron chi connectivity index (χ4n) is 1.11. The molecule has 8 heavy (non-hydrogen) atoms. The van der Waals surface area contributed by atoms with Crippen LogP contribution >= 0.6 is 0 Å². The SMILES string of the molecule is CC1CC[C@H]1CON. The van der Waals surface area contributed by atoms with Crippen molar-refractivity contribution in [2.45, 2.75) is 19.8 Å². The van der Waals surface area contributed by atoms with Crippen LogP contribution in [-0.2, 0) is 4.84 Å². The Morgan fingerprint density at radius 2 is 2.38 bits per heavy atom. The summed E-state index contributed by atoms with van der Waals surface area (Å²) in [5.74, 6) is 6.50. The van der Waals surface area contributed by atoms with E-state index < -0.39 is 0 Å². The van der Waals surface area contributed by atoms with Gasteiger partial charge in [-0.3, -0.25) is 0 Å². The number of hydrogen-bond acceptors (Lipinski definition) is 2. The standard InChI is InChI=1S/C6H13NO/c1-5-2-3-6(5)4-8-7/h5-6H,2-4,7H2,1H3/t5?,6-/m0/s1. The normalized spacial score (nSPS) is 36.8. The fourth-order valence-corrected chi connectivity index (χ4v) is 1.11. The molecule has 2 N–H and O–H groups in total. The van der Waals surface area contributed by atoms with Crippen LogP contribution in [-0.4, -0.2) is 6.61 Å². The van der Waals surface area contributed by atoms with Gasteiger partial charge in [0.15, 0.2) is 0 Å². The lowest BCUT2D eigenvalue weighted by atomic mass is 9.76. The van der Waals surface area contributed by atoms with E-state index in [1.165, 1.54) is 12.8 Å². The Morgan fingerprint density at radius 3 is 2.50 bits per heavy atom. The van der Waals surface area contributed by atoms with Crippen molar-refractivity contribution in [2.24, 2.45) is 17.7 Å². The van der Waals surface area contributed by atoms with Crippen LogP contribution < -0.4 is 5.90 Å². The van der Waals surface area contributed by atoms with Gasteiger partial charge >= 0.3 is 0 Å². The molecular weight excluding hydrogens is 102 g/mol. The first-order valence-electron chi connectivity index (χ1n) is 3.16. The molecule has 48 valence electrons. The van der Waals surface area contributed by atoms with Crippen LogP contribution in [0.2, 0.25) is 0 Å². The minimum Gasteiger partial charge on any atom is -0.304 e. The van der Waals surface area contributed by atoms with Crippen LogP contribution in [0.1, 0.15) is 19.8 Å². The van der Waals surface area contributed by atoms with E-state index in [2.05, 4.69) is 11.8 Å². The molecule has 0 aliphatic heterocycles. The second-order valence-electron chi connectivity index (χ2n) is 2.65. The van der Waals surface area contributed by atoms with Gasteiger partial charge in [0.2, 0.25) is 0 Å². The van der Waals surface area contributed by atoms with Gasteiger partial charge in [-0.05, 0) is 18.3 Å². The van der Waals surface area contributed by atoms with Gasteiger partial charge in [-0.1, -0.05) is 13.3 Å². The van der Waals surface area contributed by atoms with E-state index in [0.717, 1.165) is 18.4 Å². The Morgan fingerprint density at radius 1 is 1.62 bits per heavy atom. The Labute approximate surface area is 50.0 Å². The molecule has 0 aromatic carbocycles. The lowest BCUT2D eigenvalue weighted by Gasteiger charge is -2.32. The molecular formula is C6H13NO. The number of nitrogens with two attached hydrogens (primary N) is 1. The molecule has 1 rings (SSSR count). The van der Waals surface area contributed by atoms with E-state index in [-0.39, 0.29) is 0 Å². The van der Waals surface area contributed by atoms with Gasteiger partial charge in [-0.15, -0.1) is 0 Å². The Hall–Kier alpha value is -0.0800. The van der Waals surface area contributed by atoms with Gasteiger partial charge < -0.3 is 4.84 Å². The minimum absolute atomic E-state index is 0.750. The van der Waals surface area contributed by atoms with Crippen LogP contribution in [0.25, 0.3) is 0 Å². The zero-order chi connectivity index (χ0) is 5.98. The van der Waals surface area contributed by atoms with Crippen molar-refractivity contribution in [1.29, 1.82) is 0 Å². The lowest BCUT2D eigenvalue weighted by Crippen LogP contribution is -2.28. The molecule has 1 unspecified atom stereocenters. The maximum absolute atomic E-state index is 4.90. The molecule has 0 bridgehead atoms. The molecule has 0 aromatic rings. The molecule has 0 saturated heterocycles. The zero-order valence-electron chi connectivity index (χ0n) is 5.26. The molecule has 0 aromatic heterocycles. The van der Waals surface area contributed by atoms with Crippen LogP contribution in [0.4, 0.5) is 0 Å². The summed E-state index contributed by atoms with van der Waals surface area (Å²) < 4.78 is 0. The molecule has 0 spiro atoms. The summed E-state index contributed by atoms with van der Waals surface area (Å²) in [4.78, 5) is 4.52. The first kappa shape index (κ1) is 6.05. The molecule has 2 heteroatoms. The molecule has 1 saturated carbocycles. The summed E-state index contributed by atoms with van der Waals surface area (Å²) >= 11 is 0. The molecule has 0 heterocycles. The van der Waals surface area contributed by atoms with Crippen LogP contribution in [0.15, 0.2) is 0 Å². The summed E-state index contributed by atoms with van der Waals surface area (Å²) in [6.07, 6.45) is 2.66. The Balaban J connectivity index is 2.08. The quantitative estimate of drug-likeness (QED) is 0.543. The van der Waals surface area contributed by atoms with E-state index in [1.807, 2.05) is 0 Å². The van der Waals surface area contributed by atoms with Crippen molar-refractivity contribution in [3.05, 3.63) is 0 Å². The van der Waals surface area contributed by atoms with Gasteiger partial charge in [0.1, 0.15) is 0 Å². The summed E-state index contributed by atoms with van der Waals surface area (Å²) in [5.41, 5.74) is 0. The summed E-state index contributed by atoms with van der Waals surface area (Å²) in [6.45, 7) is 2.99. The average molecular weight is 115 g/mol. The predicted molar refractivity (Wildman–Crippen MR) is 32.0 cm³/mol. The first-order valence-corrected chi connectivity index (χ1v) is 3.16. The van der Waals surface area contributed by atoms with Crippen molar-refractivity contribution in [2.75, 3.05) is 6.61 Å². The highest BCUT2D eigenvalue weighted by molar-refractivity contribution is 4.76. The van der Waals surface area contributed by atoms with E-state index in [9.17, 15) is 0 Å². The topological polar surface area (TPSA) is 35.2 Å². The Kier molecular flexibility index (Phi) is 1.86. The van der Waals surface area contributed by atoms with Crippen LogP contribution in [0.5, 0.6) is 0 Å². The maximum Gasteiger partial charge on any atom is 0.0709 e. The van der Waals surface area contributed by atoms with Crippen LogP contribution in [0.3, 0.4) is 0 Å². The van der Waals surface area contributed by atoms with Crippen molar-refractivity contribution in [1.82, 2.24) is 0 Å². The third-order valence-electron chi connectivity index (χ3n) is 2.11. The molecule has 1 fully saturated rings. The van der Waals surface area contributed by atoms with E-state index in [0.29, 0.717) is 0 Å². The molecule has 2 atom stereocenters. The molecule has 2 nitrogen and oxygen atoms in total. The largest absolute Gasteiger partial charge is 0.304 e. The van der Waals surface area contributed by atoms with E-state index in [4.69, 9.17) is 5.90 Å². The average Bonchev–Trinajstić information content (AvgIpc) is 1.79. The highest BCUT2D eigenvalue weighted by Gasteiger charge is 2.26. The number of rotatable bonds is 2. The van der Waals surface area contributed by atoms with Crippen molar-refractivity contribution >= 4 is 0 Å². The van der Waals surface area contributed by atoms with Gasteiger partial charge in [0.05, 0.1) is 6.61 Å². The first-order chi connectivity index (χ1) is 3.84. The summed E-state index contributed by atoms with van der Waals surface area (Å²) in [5, 5.41) is 0. The predicted octanol–water partition coefficient (Wildman–Crippen LogP) is 0.923. The highest BCUT2D eigenvalue weighted by atomic mass is 16.6. The lowest BCUT2D eigenvalue weighted by molar-refractivity contribution is 0.0383. The summed E-state index contributed by atoms with van der Waals surface area (Å²) in [7, 11) is 0. The van der Waals surface area contributed by atoms with Crippen molar-refractivity contribution < 1.29 is 4.84 Å². The maximum atomic E-state index is 4.90. The van der Waals surface area contributed by atoms with Crippen molar-refractivity contribution in [3.8, 4) is 0 Å². The van der Waals surface area contributed by atoms with Crippen LogP contribution in [0, 0.1) is 11.8 Å². The van der Waals surface area contributed by atoms with Gasteiger partial charge in [0, 0.05) is 0 Å². The third-order valence-corrected chi connectivity index (χ3v) is 2.11. The second kappa shape index (κ2) is 2.46. The zero-order valence-corrected chi connectivity index (χ0v) is 5.26. The van der Waals surface area contributed by atoms with Gasteiger partial charge in [0.25, 0.3) is 0 Å². The monoisotopic (exact) mass is 115 g/mol. The smallest absolute Gasteiger partial charge is 0.0709 e. The summed E-state index contributed by atoms with van der Waals surface area (Å²) in [6, 6.07) is 0. The van der Waals surface area contributed by atoms with Crippen molar-refractivity contribution in [3.63, 3.8) is 0 Å². The van der Waals surface area contributed by atoms with Gasteiger partial charge in [-0.25, -0.2) is 5.90 Å². The second-order valence-corrected chi connectivity index (χ2v) is 2.65. The third kappa shape index (κ3) is 1.01. The molecule has 0 amide bonds.